The van der Waals surface area contributed by atoms with E-state index >= 15 is 0 Å². The van der Waals surface area contributed by atoms with Crippen LogP contribution in [-0.2, 0) is 0 Å². The molecule has 1 unspecified atom stereocenters. The van der Waals surface area contributed by atoms with Crippen LogP contribution in [0.5, 0.6) is 0 Å². The number of carbonyl (C=O) groups is 1. The molecule has 0 bridgehead atoms. The fourth-order valence-electron chi connectivity index (χ4n) is 3.00. The highest BCUT2D eigenvalue weighted by atomic mass is 35.5. The molecule has 1 atom stereocenters. The Hall–Kier alpha value is -3.48. The molecule has 1 amide bonds. The maximum Gasteiger partial charge on any atom is 0.291 e. The number of aromatic nitrogens is 3. The number of rotatable bonds is 6. The van der Waals surface area contributed by atoms with Crippen molar-refractivity contribution in [1.29, 1.82) is 0 Å². The standard InChI is InChI=1S/C23H19ClN4O2/c24-18-13-11-16(12-14-18)20(29)15-25-23(30)21-26-22(17-7-3-1-4-8-17)28(27-21)19-9-5-2-6-10-19/h1-14,20,29H,15H2,(H,25,30). The Morgan fingerprint density at radius 3 is 2.27 bits per heavy atom. The Labute approximate surface area is 178 Å². The Bertz CT molecular complexity index is 1070. The predicted octanol–water partition coefficient (Wildman–Crippen LogP) is 4.05. The molecule has 30 heavy (non-hydrogen) atoms. The number of nitrogens with zero attached hydrogens (tertiary/aromatic N) is 3. The van der Waals surface area contributed by atoms with Gasteiger partial charge in [0.05, 0.1) is 11.8 Å². The molecule has 0 aliphatic rings. The molecule has 1 heterocycles. The SMILES string of the molecule is O=C(NCC(O)c1ccc(Cl)cc1)c1nc(-c2ccccc2)n(-c2ccccc2)n1. The van der Waals surface area contributed by atoms with Crippen molar-refractivity contribution < 1.29 is 9.90 Å². The van der Waals surface area contributed by atoms with E-state index in [0.717, 1.165) is 11.3 Å². The Morgan fingerprint density at radius 1 is 0.967 bits per heavy atom. The van der Waals surface area contributed by atoms with Gasteiger partial charge < -0.3 is 10.4 Å². The van der Waals surface area contributed by atoms with Gasteiger partial charge in [-0.25, -0.2) is 9.67 Å². The van der Waals surface area contributed by atoms with E-state index in [-0.39, 0.29) is 12.4 Å². The smallest absolute Gasteiger partial charge is 0.291 e. The van der Waals surface area contributed by atoms with Gasteiger partial charge in [0.1, 0.15) is 0 Å². The van der Waals surface area contributed by atoms with Gasteiger partial charge in [-0.15, -0.1) is 5.10 Å². The van der Waals surface area contributed by atoms with Crippen molar-refractivity contribution in [3.05, 3.63) is 101 Å². The van der Waals surface area contributed by atoms with Crippen LogP contribution in [0, 0.1) is 0 Å². The van der Waals surface area contributed by atoms with E-state index in [2.05, 4.69) is 15.4 Å². The molecule has 0 aliphatic heterocycles. The molecule has 7 heteroatoms. The van der Waals surface area contributed by atoms with E-state index in [1.165, 1.54) is 0 Å². The molecular weight excluding hydrogens is 400 g/mol. The van der Waals surface area contributed by atoms with Crippen LogP contribution in [0.4, 0.5) is 0 Å². The van der Waals surface area contributed by atoms with Crippen LogP contribution in [-0.4, -0.2) is 32.3 Å². The summed E-state index contributed by atoms with van der Waals surface area (Å²) in [6.07, 6.45) is -0.865. The molecule has 3 aromatic carbocycles. The second-order valence-electron chi connectivity index (χ2n) is 6.65. The highest BCUT2D eigenvalue weighted by Gasteiger charge is 2.19. The average molecular weight is 419 g/mol. The fourth-order valence-corrected chi connectivity index (χ4v) is 3.13. The van der Waals surface area contributed by atoms with Gasteiger partial charge in [-0.2, -0.15) is 0 Å². The lowest BCUT2D eigenvalue weighted by Crippen LogP contribution is -2.29. The van der Waals surface area contributed by atoms with Crippen molar-refractivity contribution in [2.24, 2.45) is 0 Å². The summed E-state index contributed by atoms with van der Waals surface area (Å²) in [6, 6.07) is 25.9. The molecule has 1 aromatic heterocycles. The first-order valence-corrected chi connectivity index (χ1v) is 9.79. The van der Waals surface area contributed by atoms with Gasteiger partial charge in [0.15, 0.2) is 5.82 Å². The molecule has 4 aromatic rings. The number of amides is 1. The van der Waals surface area contributed by atoms with E-state index in [1.807, 2.05) is 60.7 Å². The molecule has 0 saturated heterocycles. The molecule has 2 N–H and O–H groups in total. The Kier molecular flexibility index (Phi) is 5.88. The summed E-state index contributed by atoms with van der Waals surface area (Å²) in [5.41, 5.74) is 2.30. The topological polar surface area (TPSA) is 80.0 Å². The number of para-hydroxylation sites is 1. The molecule has 6 nitrogen and oxygen atoms in total. The van der Waals surface area contributed by atoms with Gasteiger partial charge in [0.2, 0.25) is 5.82 Å². The summed E-state index contributed by atoms with van der Waals surface area (Å²) in [5, 5.41) is 18.0. The minimum atomic E-state index is -0.865. The average Bonchev–Trinajstić information content (AvgIpc) is 3.24. The Morgan fingerprint density at radius 2 is 1.60 bits per heavy atom. The number of hydrogen-bond acceptors (Lipinski definition) is 4. The van der Waals surface area contributed by atoms with Crippen molar-refractivity contribution in [2.75, 3.05) is 6.54 Å². The normalized spacial score (nSPS) is 11.8. The quantitative estimate of drug-likeness (QED) is 0.495. The highest BCUT2D eigenvalue weighted by Crippen LogP contribution is 2.21. The molecule has 0 fully saturated rings. The summed E-state index contributed by atoms with van der Waals surface area (Å²) in [4.78, 5) is 17.1. The molecule has 4 rings (SSSR count). The minimum absolute atomic E-state index is 0.0287. The molecule has 150 valence electrons. The zero-order chi connectivity index (χ0) is 20.9. The first-order chi connectivity index (χ1) is 14.6. The van der Waals surface area contributed by atoms with Crippen LogP contribution in [0.1, 0.15) is 22.3 Å². The van der Waals surface area contributed by atoms with Crippen LogP contribution in [0.3, 0.4) is 0 Å². The zero-order valence-corrected chi connectivity index (χ0v) is 16.7. The van der Waals surface area contributed by atoms with Crippen LogP contribution in [0.25, 0.3) is 17.1 Å². The van der Waals surface area contributed by atoms with E-state index in [9.17, 15) is 9.90 Å². The number of carbonyl (C=O) groups excluding carboxylic acids is 1. The first-order valence-electron chi connectivity index (χ1n) is 9.41. The zero-order valence-electron chi connectivity index (χ0n) is 15.9. The van der Waals surface area contributed by atoms with Gasteiger partial charge in [-0.05, 0) is 29.8 Å². The van der Waals surface area contributed by atoms with E-state index in [0.29, 0.717) is 16.4 Å². The van der Waals surface area contributed by atoms with Gasteiger partial charge in [-0.3, -0.25) is 4.79 Å². The minimum Gasteiger partial charge on any atom is -0.387 e. The monoisotopic (exact) mass is 418 g/mol. The van der Waals surface area contributed by atoms with Crippen molar-refractivity contribution in [3.63, 3.8) is 0 Å². The summed E-state index contributed by atoms with van der Waals surface area (Å²) >= 11 is 5.87. The predicted molar refractivity (Wildman–Crippen MR) is 116 cm³/mol. The lowest BCUT2D eigenvalue weighted by Gasteiger charge is -2.11. The Balaban J connectivity index is 1.57. The number of benzene rings is 3. The third-order valence-electron chi connectivity index (χ3n) is 4.55. The fraction of sp³-hybridized carbons (Fsp3) is 0.0870. The van der Waals surface area contributed by atoms with Crippen LogP contribution in [0.2, 0.25) is 5.02 Å². The van der Waals surface area contributed by atoms with Crippen LogP contribution >= 0.6 is 11.6 Å². The molecule has 0 aliphatic carbocycles. The number of hydrogen-bond donors (Lipinski definition) is 2. The number of aliphatic hydroxyl groups excluding tert-OH is 1. The van der Waals surface area contributed by atoms with Gasteiger partial charge >= 0.3 is 0 Å². The van der Waals surface area contributed by atoms with Crippen molar-refractivity contribution in [1.82, 2.24) is 20.1 Å². The summed E-state index contributed by atoms with van der Waals surface area (Å²) in [7, 11) is 0. The number of aliphatic hydroxyl groups is 1. The largest absolute Gasteiger partial charge is 0.387 e. The second-order valence-corrected chi connectivity index (χ2v) is 7.09. The molecule has 0 spiro atoms. The van der Waals surface area contributed by atoms with Gasteiger partial charge in [0.25, 0.3) is 5.91 Å². The van der Waals surface area contributed by atoms with Crippen molar-refractivity contribution >= 4 is 17.5 Å². The van der Waals surface area contributed by atoms with Gasteiger partial charge in [0, 0.05) is 17.1 Å². The van der Waals surface area contributed by atoms with Crippen molar-refractivity contribution in [2.45, 2.75) is 6.10 Å². The lowest BCUT2D eigenvalue weighted by molar-refractivity contribution is 0.0906. The number of nitrogens with one attached hydrogen (secondary N) is 1. The number of halogens is 1. The summed E-state index contributed by atoms with van der Waals surface area (Å²) in [6.45, 7) is 0.0288. The first kappa shape index (κ1) is 19.8. The van der Waals surface area contributed by atoms with E-state index < -0.39 is 12.0 Å². The lowest BCUT2D eigenvalue weighted by atomic mass is 10.1. The molecule has 0 radical (unpaired) electrons. The molecule has 0 saturated carbocycles. The third kappa shape index (κ3) is 4.40. The maximum absolute atomic E-state index is 12.7. The van der Waals surface area contributed by atoms with Crippen molar-refractivity contribution in [3.8, 4) is 17.1 Å². The van der Waals surface area contributed by atoms with Crippen LogP contribution in [0.15, 0.2) is 84.9 Å². The maximum atomic E-state index is 12.7. The van der Waals surface area contributed by atoms with E-state index in [4.69, 9.17) is 11.6 Å². The van der Waals surface area contributed by atoms with Crippen LogP contribution < -0.4 is 5.32 Å². The molecular formula is C23H19ClN4O2. The highest BCUT2D eigenvalue weighted by molar-refractivity contribution is 6.30. The summed E-state index contributed by atoms with van der Waals surface area (Å²) in [5.74, 6) is 0.126. The van der Waals surface area contributed by atoms with Gasteiger partial charge in [-0.1, -0.05) is 72.3 Å². The third-order valence-corrected chi connectivity index (χ3v) is 4.81. The summed E-state index contributed by atoms with van der Waals surface area (Å²) < 4.78 is 1.64. The second kappa shape index (κ2) is 8.90. The van der Waals surface area contributed by atoms with E-state index in [1.54, 1.807) is 28.9 Å².